The largest absolute Gasteiger partial charge is 0.388 e. The Balaban J connectivity index is 1.74. The quantitative estimate of drug-likeness (QED) is 0.836. The molecule has 1 saturated carbocycles. The Labute approximate surface area is 128 Å². The van der Waals surface area contributed by atoms with Crippen LogP contribution in [0.3, 0.4) is 0 Å². The maximum absolute atomic E-state index is 10.4. The van der Waals surface area contributed by atoms with Crippen molar-refractivity contribution in [3.8, 4) is 0 Å². The summed E-state index contributed by atoms with van der Waals surface area (Å²) in [4.78, 5) is 0. The van der Waals surface area contributed by atoms with E-state index in [4.69, 9.17) is 0 Å². The smallest absolute Gasteiger partial charge is 0.0830 e. The first-order valence-corrected chi connectivity index (χ1v) is 8.04. The second-order valence-electron chi connectivity index (χ2n) is 5.65. The lowest BCUT2D eigenvalue weighted by atomic mass is 9.79. The van der Waals surface area contributed by atoms with Crippen molar-refractivity contribution in [3.63, 3.8) is 0 Å². The zero-order valence-electron chi connectivity index (χ0n) is 11.4. The maximum Gasteiger partial charge on any atom is 0.0830 e. The van der Waals surface area contributed by atoms with E-state index in [0.717, 1.165) is 15.6 Å². The van der Waals surface area contributed by atoms with Crippen LogP contribution in [0, 0.1) is 0 Å². The molecular formula is C18H19BrO. The van der Waals surface area contributed by atoms with Gasteiger partial charge in [0.2, 0.25) is 0 Å². The lowest BCUT2D eigenvalue weighted by molar-refractivity contribution is 0.178. The van der Waals surface area contributed by atoms with Crippen molar-refractivity contribution in [2.24, 2.45) is 0 Å². The zero-order chi connectivity index (χ0) is 13.9. The first-order chi connectivity index (χ1) is 9.72. The molecule has 1 unspecified atom stereocenters. The highest BCUT2D eigenvalue weighted by atomic mass is 79.9. The van der Waals surface area contributed by atoms with Crippen LogP contribution in [0.2, 0.25) is 0 Å². The molecule has 1 atom stereocenters. The summed E-state index contributed by atoms with van der Waals surface area (Å²) in [6.45, 7) is 0. The second kappa shape index (κ2) is 6.11. The van der Waals surface area contributed by atoms with Crippen LogP contribution in [0.5, 0.6) is 0 Å². The van der Waals surface area contributed by atoms with Crippen LogP contribution >= 0.6 is 15.9 Å². The van der Waals surface area contributed by atoms with Gasteiger partial charge in [0.05, 0.1) is 6.10 Å². The van der Waals surface area contributed by atoms with E-state index in [9.17, 15) is 5.11 Å². The van der Waals surface area contributed by atoms with Crippen molar-refractivity contribution in [3.05, 3.63) is 69.7 Å². The monoisotopic (exact) mass is 330 g/mol. The van der Waals surface area contributed by atoms with E-state index in [-0.39, 0.29) is 0 Å². The van der Waals surface area contributed by atoms with Crippen molar-refractivity contribution in [2.45, 2.75) is 37.7 Å². The Hall–Kier alpha value is -1.12. The van der Waals surface area contributed by atoms with E-state index in [1.54, 1.807) is 0 Å². The van der Waals surface area contributed by atoms with E-state index in [1.165, 1.54) is 24.8 Å². The van der Waals surface area contributed by atoms with Crippen LogP contribution in [0.25, 0.3) is 0 Å². The average molecular weight is 331 g/mol. The minimum atomic E-state index is -0.427. The summed E-state index contributed by atoms with van der Waals surface area (Å²) in [5.41, 5.74) is 3.58. The third-order valence-electron chi connectivity index (χ3n) is 4.19. The van der Waals surface area contributed by atoms with Crippen molar-refractivity contribution in [2.75, 3.05) is 0 Å². The maximum atomic E-state index is 10.4. The van der Waals surface area contributed by atoms with Gasteiger partial charge in [0.1, 0.15) is 0 Å². The minimum Gasteiger partial charge on any atom is -0.388 e. The molecule has 2 heteroatoms. The van der Waals surface area contributed by atoms with Gasteiger partial charge in [-0.25, -0.2) is 0 Å². The van der Waals surface area contributed by atoms with Crippen molar-refractivity contribution in [1.29, 1.82) is 0 Å². The molecule has 20 heavy (non-hydrogen) atoms. The Morgan fingerprint density at radius 1 is 1.10 bits per heavy atom. The number of hydrogen-bond donors (Lipinski definition) is 1. The number of benzene rings is 2. The van der Waals surface area contributed by atoms with Crippen molar-refractivity contribution < 1.29 is 5.11 Å². The molecule has 0 amide bonds. The van der Waals surface area contributed by atoms with E-state index in [2.05, 4.69) is 46.3 Å². The van der Waals surface area contributed by atoms with Crippen LogP contribution in [0.4, 0.5) is 0 Å². The van der Waals surface area contributed by atoms with Crippen LogP contribution in [0.15, 0.2) is 53.0 Å². The molecule has 1 aliphatic rings. The lowest BCUT2D eigenvalue weighted by Crippen LogP contribution is -2.10. The van der Waals surface area contributed by atoms with Gasteiger partial charge in [-0.2, -0.15) is 0 Å². The summed E-state index contributed by atoms with van der Waals surface area (Å²) in [7, 11) is 0. The number of aliphatic hydroxyl groups is 1. The summed E-state index contributed by atoms with van der Waals surface area (Å²) in [5, 5.41) is 10.4. The Morgan fingerprint density at radius 2 is 1.90 bits per heavy atom. The molecule has 0 heterocycles. The number of rotatable bonds is 4. The molecule has 0 aliphatic heterocycles. The molecule has 0 aromatic heterocycles. The Morgan fingerprint density at radius 3 is 2.60 bits per heavy atom. The molecule has 1 aliphatic carbocycles. The van der Waals surface area contributed by atoms with Gasteiger partial charge < -0.3 is 5.11 Å². The molecule has 0 bridgehead atoms. The number of hydrogen-bond acceptors (Lipinski definition) is 1. The van der Waals surface area contributed by atoms with Crippen molar-refractivity contribution >= 4 is 15.9 Å². The first-order valence-electron chi connectivity index (χ1n) is 7.25. The van der Waals surface area contributed by atoms with E-state index in [1.807, 2.05) is 18.2 Å². The fraction of sp³-hybridized carbons (Fsp3) is 0.333. The molecule has 0 saturated heterocycles. The van der Waals surface area contributed by atoms with Gasteiger partial charge in [-0.1, -0.05) is 58.7 Å². The van der Waals surface area contributed by atoms with Gasteiger partial charge in [0.15, 0.2) is 0 Å². The molecule has 2 aromatic rings. The zero-order valence-corrected chi connectivity index (χ0v) is 13.0. The molecular weight excluding hydrogens is 312 g/mol. The molecule has 1 fully saturated rings. The molecule has 0 spiro atoms. The highest BCUT2D eigenvalue weighted by Gasteiger charge is 2.20. The van der Waals surface area contributed by atoms with Gasteiger partial charge in [-0.3, -0.25) is 0 Å². The fourth-order valence-electron chi connectivity index (χ4n) is 2.77. The van der Waals surface area contributed by atoms with Gasteiger partial charge in [-0.15, -0.1) is 0 Å². The normalized spacial score (nSPS) is 16.7. The average Bonchev–Trinajstić information content (AvgIpc) is 2.37. The summed E-state index contributed by atoms with van der Waals surface area (Å²) in [6, 6.07) is 16.6. The Kier molecular flexibility index (Phi) is 4.23. The standard InChI is InChI=1S/C18H19BrO/c19-17-9-1-4-13(10-17)11-18(20)16-8-3-7-15(12-16)14-5-2-6-14/h1,3-4,7-10,12,14,18,20H,2,5-6,11H2. The summed E-state index contributed by atoms with van der Waals surface area (Å²) in [6.07, 6.45) is 4.17. The fourth-order valence-corrected chi connectivity index (χ4v) is 3.21. The summed E-state index contributed by atoms with van der Waals surface area (Å²) >= 11 is 3.47. The van der Waals surface area contributed by atoms with Gasteiger partial charge in [-0.05, 0) is 47.6 Å². The second-order valence-corrected chi connectivity index (χ2v) is 6.56. The first kappa shape index (κ1) is 13.8. The topological polar surface area (TPSA) is 20.2 Å². The van der Waals surface area contributed by atoms with Crippen LogP contribution < -0.4 is 0 Å². The predicted octanol–water partition coefficient (Wildman–Crippen LogP) is 4.99. The molecule has 1 nitrogen and oxygen atoms in total. The summed E-state index contributed by atoms with van der Waals surface area (Å²) in [5.74, 6) is 0.716. The molecule has 104 valence electrons. The molecule has 3 rings (SSSR count). The van der Waals surface area contributed by atoms with Gasteiger partial charge >= 0.3 is 0 Å². The van der Waals surface area contributed by atoms with Gasteiger partial charge in [0, 0.05) is 10.9 Å². The number of halogens is 1. The van der Waals surface area contributed by atoms with Gasteiger partial charge in [0.25, 0.3) is 0 Å². The SMILES string of the molecule is OC(Cc1cccc(Br)c1)c1cccc(C2CCC2)c1. The third kappa shape index (κ3) is 3.13. The lowest BCUT2D eigenvalue weighted by Gasteiger charge is -2.26. The van der Waals surface area contributed by atoms with Crippen molar-refractivity contribution in [1.82, 2.24) is 0 Å². The highest BCUT2D eigenvalue weighted by molar-refractivity contribution is 9.10. The van der Waals surface area contributed by atoms with Crippen LogP contribution in [-0.4, -0.2) is 5.11 Å². The minimum absolute atomic E-state index is 0.427. The molecule has 0 radical (unpaired) electrons. The molecule has 1 N–H and O–H groups in total. The number of aliphatic hydroxyl groups excluding tert-OH is 1. The van der Waals surface area contributed by atoms with Crippen LogP contribution in [-0.2, 0) is 6.42 Å². The van der Waals surface area contributed by atoms with E-state index < -0.39 is 6.10 Å². The third-order valence-corrected chi connectivity index (χ3v) is 4.68. The Bertz CT molecular complexity index is 589. The highest BCUT2D eigenvalue weighted by Crippen LogP contribution is 2.37. The van der Waals surface area contributed by atoms with Crippen LogP contribution in [0.1, 0.15) is 48.0 Å². The summed E-state index contributed by atoms with van der Waals surface area (Å²) < 4.78 is 1.06. The van der Waals surface area contributed by atoms with E-state index >= 15 is 0 Å². The van der Waals surface area contributed by atoms with E-state index in [0.29, 0.717) is 12.3 Å². The molecule has 2 aromatic carbocycles. The predicted molar refractivity (Wildman–Crippen MR) is 85.8 cm³/mol.